The Morgan fingerprint density at radius 2 is 2.04 bits per heavy atom. The number of nitrogens with zero attached hydrogens (tertiary/aromatic N) is 3. The van der Waals surface area contributed by atoms with Gasteiger partial charge in [0.25, 0.3) is 0 Å². The maximum atomic E-state index is 12.7. The van der Waals surface area contributed by atoms with E-state index in [4.69, 9.17) is 13.9 Å². The van der Waals surface area contributed by atoms with Crippen molar-refractivity contribution >= 4 is 12.0 Å². The zero-order valence-corrected chi connectivity index (χ0v) is 14.9. The Kier molecular flexibility index (Phi) is 4.27. The van der Waals surface area contributed by atoms with E-state index in [2.05, 4.69) is 15.5 Å². The van der Waals surface area contributed by atoms with E-state index in [0.29, 0.717) is 23.8 Å². The summed E-state index contributed by atoms with van der Waals surface area (Å²) in [5.41, 5.74) is 1.69. The minimum atomic E-state index is -0.584. The normalized spacial score (nSPS) is 19.0. The van der Waals surface area contributed by atoms with Crippen LogP contribution in [0.4, 0.5) is 4.79 Å². The number of esters is 1. The molecule has 1 aromatic carbocycles. The Morgan fingerprint density at radius 1 is 1.26 bits per heavy atom. The van der Waals surface area contributed by atoms with Crippen LogP contribution in [0.15, 0.2) is 40.0 Å². The molecule has 1 atom stereocenters. The highest BCUT2D eigenvalue weighted by Crippen LogP contribution is 2.36. The number of hydrogen-bond acceptors (Lipinski definition) is 7. The highest BCUT2D eigenvalue weighted by Gasteiger charge is 2.42. The van der Waals surface area contributed by atoms with E-state index in [9.17, 15) is 9.59 Å². The summed E-state index contributed by atoms with van der Waals surface area (Å²) in [5.74, 6) is 0.964. The molecule has 27 heavy (non-hydrogen) atoms. The van der Waals surface area contributed by atoms with Crippen LogP contribution in [0.2, 0.25) is 0 Å². The molecular formula is C18H18N4O5. The van der Waals surface area contributed by atoms with Crippen molar-refractivity contribution in [2.24, 2.45) is 0 Å². The van der Waals surface area contributed by atoms with E-state index in [0.717, 1.165) is 11.3 Å². The molecule has 4 rings (SSSR count). The lowest BCUT2D eigenvalue weighted by Gasteiger charge is -2.32. The van der Waals surface area contributed by atoms with Gasteiger partial charge in [-0.05, 0) is 24.6 Å². The van der Waals surface area contributed by atoms with Crippen LogP contribution in [-0.4, -0.2) is 40.3 Å². The summed E-state index contributed by atoms with van der Waals surface area (Å²) in [6.07, 6.45) is 0. The fourth-order valence-corrected chi connectivity index (χ4v) is 3.19. The summed E-state index contributed by atoms with van der Waals surface area (Å²) in [6, 6.07) is 6.31. The van der Waals surface area contributed by atoms with E-state index < -0.39 is 12.0 Å². The van der Waals surface area contributed by atoms with Crippen LogP contribution in [0.5, 0.6) is 5.75 Å². The van der Waals surface area contributed by atoms with Gasteiger partial charge in [0.05, 0.1) is 23.9 Å². The first-order chi connectivity index (χ1) is 13.1. The maximum absolute atomic E-state index is 12.7. The number of aromatic nitrogens is 2. The maximum Gasteiger partial charge on any atom is 0.338 e. The van der Waals surface area contributed by atoms with E-state index in [1.807, 2.05) is 19.1 Å². The average Bonchev–Trinajstić information content (AvgIpc) is 3.24. The summed E-state index contributed by atoms with van der Waals surface area (Å²) < 4.78 is 16.0. The van der Waals surface area contributed by atoms with Crippen molar-refractivity contribution in [3.63, 3.8) is 0 Å². The number of aryl methyl sites for hydroxylation is 1. The van der Waals surface area contributed by atoms with Crippen LogP contribution in [0.25, 0.3) is 0 Å². The number of carbonyl (C=O) groups is 2. The number of benzene rings is 1. The lowest BCUT2D eigenvalue weighted by Crippen LogP contribution is -2.46. The third-order valence-electron chi connectivity index (χ3n) is 4.38. The molecule has 140 valence electrons. The van der Waals surface area contributed by atoms with Gasteiger partial charge in [0.2, 0.25) is 11.8 Å². The van der Waals surface area contributed by atoms with Crippen molar-refractivity contribution in [2.45, 2.75) is 26.4 Å². The molecule has 2 aliphatic heterocycles. The fraction of sp³-hybridized carbons (Fsp3) is 0.333. The summed E-state index contributed by atoms with van der Waals surface area (Å²) in [6.45, 7) is 4.23. The third kappa shape index (κ3) is 3.12. The molecule has 0 saturated carbocycles. The Labute approximate surface area is 154 Å². The number of carbonyl (C=O) groups excluding carboxylic acids is 2. The summed E-state index contributed by atoms with van der Waals surface area (Å²) in [7, 11) is 0. The number of hydrogen-bond donors (Lipinski definition) is 1. The summed E-state index contributed by atoms with van der Waals surface area (Å²) >= 11 is 0. The van der Waals surface area contributed by atoms with Crippen molar-refractivity contribution in [1.82, 2.24) is 20.4 Å². The van der Waals surface area contributed by atoms with E-state index in [1.165, 1.54) is 4.90 Å². The topological polar surface area (TPSA) is 107 Å². The van der Waals surface area contributed by atoms with Crippen molar-refractivity contribution in [2.75, 3.05) is 13.2 Å². The molecule has 3 heterocycles. The van der Waals surface area contributed by atoms with Crippen molar-refractivity contribution in [3.05, 3.63) is 52.9 Å². The van der Waals surface area contributed by atoms with Gasteiger partial charge in [-0.2, -0.15) is 0 Å². The molecule has 1 aromatic heterocycles. The van der Waals surface area contributed by atoms with Gasteiger partial charge >= 0.3 is 12.0 Å². The fourth-order valence-electron chi connectivity index (χ4n) is 3.19. The molecular weight excluding hydrogens is 352 g/mol. The van der Waals surface area contributed by atoms with Gasteiger partial charge in [0.1, 0.15) is 18.9 Å². The molecule has 0 aliphatic carbocycles. The monoisotopic (exact) mass is 370 g/mol. The molecule has 0 spiro atoms. The molecule has 1 unspecified atom stereocenters. The van der Waals surface area contributed by atoms with Gasteiger partial charge < -0.3 is 19.2 Å². The second-order valence-electron chi connectivity index (χ2n) is 6.12. The predicted molar refractivity (Wildman–Crippen MR) is 91.4 cm³/mol. The molecule has 1 N–H and O–H groups in total. The highest BCUT2D eigenvalue weighted by atomic mass is 16.5. The largest absolute Gasteiger partial charge is 0.494 e. The molecule has 0 bridgehead atoms. The number of amides is 2. The molecule has 0 fully saturated rings. The molecule has 2 amide bonds. The minimum Gasteiger partial charge on any atom is -0.494 e. The molecule has 9 heteroatoms. The first-order valence-electron chi connectivity index (χ1n) is 8.56. The average molecular weight is 370 g/mol. The van der Waals surface area contributed by atoms with Crippen LogP contribution in [0.3, 0.4) is 0 Å². The van der Waals surface area contributed by atoms with E-state index >= 15 is 0 Å². The SMILES string of the molecule is CCOc1ccc(C2NC(=O)N(Cc3nnc(C)o3)C3=C2C(=O)OC3)cc1. The van der Waals surface area contributed by atoms with E-state index in [1.54, 1.807) is 19.1 Å². The van der Waals surface area contributed by atoms with Crippen LogP contribution >= 0.6 is 0 Å². The molecule has 2 aromatic rings. The van der Waals surface area contributed by atoms with Crippen molar-refractivity contribution in [3.8, 4) is 5.75 Å². The Balaban J connectivity index is 1.66. The zero-order valence-electron chi connectivity index (χ0n) is 14.9. The molecule has 0 radical (unpaired) electrons. The summed E-state index contributed by atoms with van der Waals surface area (Å²) in [5, 5.41) is 10.5. The van der Waals surface area contributed by atoms with Crippen LogP contribution in [0.1, 0.15) is 30.3 Å². The van der Waals surface area contributed by atoms with Crippen molar-refractivity contribution < 1.29 is 23.5 Å². The van der Waals surface area contributed by atoms with E-state index in [-0.39, 0.29) is 25.1 Å². The van der Waals surface area contributed by atoms with Gasteiger partial charge in [0.15, 0.2) is 0 Å². The number of cyclic esters (lactones) is 1. The first kappa shape index (κ1) is 17.1. The van der Waals surface area contributed by atoms with Crippen LogP contribution in [0, 0.1) is 6.92 Å². The van der Waals surface area contributed by atoms with Gasteiger partial charge in [-0.15, -0.1) is 10.2 Å². The Hall–Kier alpha value is -3.36. The highest BCUT2D eigenvalue weighted by molar-refractivity contribution is 5.97. The minimum absolute atomic E-state index is 0.0300. The number of nitrogens with one attached hydrogen (secondary N) is 1. The predicted octanol–water partition coefficient (Wildman–Crippen LogP) is 1.85. The van der Waals surface area contributed by atoms with Crippen LogP contribution in [-0.2, 0) is 16.1 Å². The van der Waals surface area contributed by atoms with Gasteiger partial charge in [-0.3, -0.25) is 4.90 Å². The number of ether oxygens (including phenoxy) is 2. The quantitative estimate of drug-likeness (QED) is 0.801. The van der Waals surface area contributed by atoms with Crippen molar-refractivity contribution in [1.29, 1.82) is 0 Å². The number of rotatable bonds is 5. The smallest absolute Gasteiger partial charge is 0.338 e. The lowest BCUT2D eigenvalue weighted by molar-refractivity contribution is -0.136. The number of urea groups is 1. The zero-order chi connectivity index (χ0) is 19.0. The molecule has 9 nitrogen and oxygen atoms in total. The lowest BCUT2D eigenvalue weighted by atomic mass is 9.95. The Bertz CT molecular complexity index is 918. The van der Waals surface area contributed by atoms with Crippen LogP contribution < -0.4 is 10.1 Å². The second kappa shape index (κ2) is 6.75. The summed E-state index contributed by atoms with van der Waals surface area (Å²) in [4.78, 5) is 26.4. The van der Waals surface area contributed by atoms with Gasteiger partial charge in [0, 0.05) is 6.92 Å². The first-order valence-corrected chi connectivity index (χ1v) is 8.56. The van der Waals surface area contributed by atoms with Gasteiger partial charge in [-0.25, -0.2) is 9.59 Å². The molecule has 2 aliphatic rings. The second-order valence-corrected chi connectivity index (χ2v) is 6.12. The van der Waals surface area contributed by atoms with Gasteiger partial charge in [-0.1, -0.05) is 12.1 Å². The Morgan fingerprint density at radius 3 is 2.70 bits per heavy atom. The molecule has 0 saturated heterocycles. The third-order valence-corrected chi connectivity index (χ3v) is 4.38. The standard InChI is InChI=1S/C18H18N4O5/c1-3-25-12-6-4-11(5-7-12)16-15-13(9-26-17(15)23)22(18(24)19-16)8-14-21-20-10(2)27-14/h4-7,16H,3,8-9H2,1-2H3,(H,19,24).